The Morgan fingerprint density at radius 3 is 2.75 bits per heavy atom. The molecule has 0 atom stereocenters. The number of nitrogen functional groups attached to an aromatic ring is 1. The van der Waals surface area contributed by atoms with Crippen molar-refractivity contribution in [1.29, 1.82) is 0 Å². The number of hydrogen-bond acceptors (Lipinski definition) is 4. The number of nitro groups is 1. The minimum Gasteiger partial charge on any atom is -0.393 e. The number of nitrogens with zero attached hydrogens (tertiary/aromatic N) is 1. The van der Waals surface area contributed by atoms with Crippen LogP contribution in [0.25, 0.3) is 6.08 Å². The highest BCUT2D eigenvalue weighted by molar-refractivity contribution is 5.73. The first-order chi connectivity index (χ1) is 7.56. The van der Waals surface area contributed by atoms with E-state index in [0.717, 1.165) is 12.1 Å². The van der Waals surface area contributed by atoms with Crippen LogP contribution in [-0.4, -0.2) is 11.5 Å². The van der Waals surface area contributed by atoms with Gasteiger partial charge in [-0.25, -0.2) is 4.39 Å². The molecule has 0 aliphatic rings. The van der Waals surface area contributed by atoms with Crippen molar-refractivity contribution < 1.29 is 9.31 Å². The molecule has 86 valence electrons. The van der Waals surface area contributed by atoms with Crippen LogP contribution in [0, 0.1) is 15.9 Å². The third-order valence-corrected chi connectivity index (χ3v) is 1.98. The van der Waals surface area contributed by atoms with Gasteiger partial charge in [0.1, 0.15) is 11.5 Å². The largest absolute Gasteiger partial charge is 0.393 e. The molecule has 5 nitrogen and oxygen atoms in total. The molecule has 0 radical (unpaired) electrons. The van der Waals surface area contributed by atoms with Gasteiger partial charge in [0.25, 0.3) is 5.69 Å². The molecule has 1 aromatic carbocycles. The van der Waals surface area contributed by atoms with Crippen molar-refractivity contribution in [3.8, 4) is 0 Å². The van der Waals surface area contributed by atoms with E-state index in [9.17, 15) is 14.5 Å². The van der Waals surface area contributed by atoms with Crippen LogP contribution >= 0.6 is 0 Å². The molecule has 0 saturated heterocycles. The Morgan fingerprint density at radius 1 is 1.50 bits per heavy atom. The van der Waals surface area contributed by atoms with Gasteiger partial charge < -0.3 is 11.5 Å². The minimum atomic E-state index is -0.710. The van der Waals surface area contributed by atoms with Crippen molar-refractivity contribution >= 4 is 17.5 Å². The van der Waals surface area contributed by atoms with Crippen molar-refractivity contribution in [1.82, 2.24) is 0 Å². The van der Waals surface area contributed by atoms with Crippen LogP contribution < -0.4 is 11.5 Å². The zero-order valence-corrected chi connectivity index (χ0v) is 8.52. The topological polar surface area (TPSA) is 95.2 Å². The SMILES string of the molecule is NCCC=Cc1cc(F)cc([N+](=O)[O-])c1N. The average molecular weight is 225 g/mol. The Kier molecular flexibility index (Phi) is 3.96. The number of nitro benzene ring substituents is 1. The van der Waals surface area contributed by atoms with Gasteiger partial charge in [0.15, 0.2) is 0 Å². The van der Waals surface area contributed by atoms with Crippen molar-refractivity contribution in [3.05, 3.63) is 39.7 Å². The predicted octanol–water partition coefficient (Wildman–Crippen LogP) is 1.68. The van der Waals surface area contributed by atoms with Gasteiger partial charge in [-0.3, -0.25) is 10.1 Å². The average Bonchev–Trinajstić information content (AvgIpc) is 2.22. The predicted molar refractivity (Wildman–Crippen MR) is 60.2 cm³/mol. The first-order valence-electron chi connectivity index (χ1n) is 4.66. The number of anilines is 1. The molecule has 0 aromatic heterocycles. The van der Waals surface area contributed by atoms with Crippen LogP contribution in [0.3, 0.4) is 0 Å². The molecule has 0 heterocycles. The van der Waals surface area contributed by atoms with E-state index < -0.39 is 16.4 Å². The van der Waals surface area contributed by atoms with Crippen LogP contribution in [0.5, 0.6) is 0 Å². The molecule has 16 heavy (non-hydrogen) atoms. The summed E-state index contributed by atoms with van der Waals surface area (Å²) < 4.78 is 13.1. The molecule has 0 aliphatic heterocycles. The number of nitrogens with two attached hydrogens (primary N) is 2. The fraction of sp³-hybridized carbons (Fsp3) is 0.200. The summed E-state index contributed by atoms with van der Waals surface area (Å²) in [5.41, 5.74) is 10.6. The zero-order valence-electron chi connectivity index (χ0n) is 8.52. The van der Waals surface area contributed by atoms with Crippen LogP contribution in [0.15, 0.2) is 18.2 Å². The van der Waals surface area contributed by atoms with Crippen LogP contribution in [-0.2, 0) is 0 Å². The first kappa shape index (κ1) is 12.1. The lowest BCUT2D eigenvalue weighted by Crippen LogP contribution is -1.99. The number of rotatable bonds is 4. The third kappa shape index (κ3) is 2.77. The molecule has 6 heteroatoms. The summed E-state index contributed by atoms with van der Waals surface area (Å²) in [5, 5.41) is 10.6. The lowest BCUT2D eigenvalue weighted by Gasteiger charge is -2.02. The normalized spacial score (nSPS) is 10.9. The Bertz CT molecular complexity index is 432. The lowest BCUT2D eigenvalue weighted by molar-refractivity contribution is -0.384. The van der Waals surface area contributed by atoms with Gasteiger partial charge in [-0.2, -0.15) is 0 Å². The molecule has 0 fully saturated rings. The molecule has 1 rings (SSSR count). The molecule has 1 aromatic rings. The quantitative estimate of drug-likeness (QED) is 0.463. The highest BCUT2D eigenvalue weighted by Crippen LogP contribution is 2.27. The summed E-state index contributed by atoms with van der Waals surface area (Å²) in [6.07, 6.45) is 3.82. The fourth-order valence-corrected chi connectivity index (χ4v) is 1.22. The fourth-order valence-electron chi connectivity index (χ4n) is 1.22. The number of benzene rings is 1. The maximum Gasteiger partial charge on any atom is 0.295 e. The van der Waals surface area contributed by atoms with E-state index in [0.29, 0.717) is 18.5 Å². The van der Waals surface area contributed by atoms with Gasteiger partial charge >= 0.3 is 0 Å². The number of hydrogen-bond donors (Lipinski definition) is 2. The summed E-state index contributed by atoms with van der Waals surface area (Å²) >= 11 is 0. The van der Waals surface area contributed by atoms with E-state index in [4.69, 9.17) is 11.5 Å². The Hall–Kier alpha value is -1.95. The summed E-state index contributed by atoms with van der Waals surface area (Å²) in [7, 11) is 0. The van der Waals surface area contributed by atoms with E-state index >= 15 is 0 Å². The van der Waals surface area contributed by atoms with Crippen molar-refractivity contribution in [2.45, 2.75) is 6.42 Å². The Labute approximate surface area is 91.7 Å². The van der Waals surface area contributed by atoms with Crippen molar-refractivity contribution in [2.24, 2.45) is 5.73 Å². The molecular weight excluding hydrogens is 213 g/mol. The highest BCUT2D eigenvalue weighted by Gasteiger charge is 2.15. The second-order valence-corrected chi connectivity index (χ2v) is 3.16. The molecule has 0 saturated carbocycles. The summed E-state index contributed by atoms with van der Waals surface area (Å²) in [6, 6.07) is 1.95. The minimum absolute atomic E-state index is 0.0420. The molecule has 0 aliphatic carbocycles. The van der Waals surface area contributed by atoms with Gasteiger partial charge in [0, 0.05) is 5.56 Å². The maximum absolute atomic E-state index is 13.1. The number of halogens is 1. The van der Waals surface area contributed by atoms with E-state index in [1.54, 1.807) is 6.08 Å². The Balaban J connectivity index is 3.14. The van der Waals surface area contributed by atoms with Gasteiger partial charge in [-0.05, 0) is 19.0 Å². The summed E-state index contributed by atoms with van der Waals surface area (Å²) in [6.45, 7) is 0.452. The molecular formula is C10H12FN3O2. The summed E-state index contributed by atoms with van der Waals surface area (Å²) in [4.78, 5) is 9.86. The van der Waals surface area contributed by atoms with Crippen LogP contribution in [0.2, 0.25) is 0 Å². The summed E-state index contributed by atoms with van der Waals surface area (Å²) in [5.74, 6) is -0.687. The van der Waals surface area contributed by atoms with Gasteiger partial charge in [-0.15, -0.1) is 0 Å². The Morgan fingerprint density at radius 2 is 2.19 bits per heavy atom. The van der Waals surface area contributed by atoms with E-state index in [2.05, 4.69) is 0 Å². The highest BCUT2D eigenvalue weighted by atomic mass is 19.1. The van der Waals surface area contributed by atoms with Crippen molar-refractivity contribution in [2.75, 3.05) is 12.3 Å². The standard InChI is InChI=1S/C10H12FN3O2/c11-8-5-7(3-1-2-4-12)10(13)9(6-8)14(15)16/h1,3,5-6H,2,4,12-13H2. The molecule has 0 unspecified atom stereocenters. The second-order valence-electron chi connectivity index (χ2n) is 3.16. The van der Waals surface area contributed by atoms with Gasteiger partial charge in [0.2, 0.25) is 0 Å². The van der Waals surface area contributed by atoms with Crippen LogP contribution in [0.4, 0.5) is 15.8 Å². The smallest absolute Gasteiger partial charge is 0.295 e. The van der Waals surface area contributed by atoms with Gasteiger partial charge in [0.05, 0.1) is 11.0 Å². The maximum atomic E-state index is 13.1. The third-order valence-electron chi connectivity index (χ3n) is 1.98. The van der Waals surface area contributed by atoms with Crippen LogP contribution in [0.1, 0.15) is 12.0 Å². The second kappa shape index (κ2) is 5.22. The zero-order chi connectivity index (χ0) is 12.1. The molecule has 0 bridgehead atoms. The molecule has 0 spiro atoms. The monoisotopic (exact) mass is 225 g/mol. The van der Waals surface area contributed by atoms with E-state index in [-0.39, 0.29) is 5.69 Å². The first-order valence-corrected chi connectivity index (χ1v) is 4.66. The molecule has 4 N–H and O–H groups in total. The van der Waals surface area contributed by atoms with E-state index in [1.807, 2.05) is 0 Å². The van der Waals surface area contributed by atoms with Gasteiger partial charge in [-0.1, -0.05) is 12.2 Å². The van der Waals surface area contributed by atoms with Crippen molar-refractivity contribution in [3.63, 3.8) is 0 Å². The lowest BCUT2D eigenvalue weighted by atomic mass is 10.1. The molecule has 0 amide bonds. The van der Waals surface area contributed by atoms with E-state index in [1.165, 1.54) is 6.08 Å².